The minimum Gasteiger partial charge on any atom is -0.374 e. The molecule has 1 aromatic rings. The first-order valence-corrected chi connectivity index (χ1v) is 7.75. The molecule has 5 nitrogen and oxygen atoms in total. The van der Waals surface area contributed by atoms with Gasteiger partial charge in [0.25, 0.3) is 0 Å². The highest BCUT2D eigenvalue weighted by Gasteiger charge is 2.34. The van der Waals surface area contributed by atoms with Crippen LogP contribution in [-0.2, 0) is 17.7 Å². The summed E-state index contributed by atoms with van der Waals surface area (Å²) >= 11 is 0. The fourth-order valence-electron chi connectivity index (χ4n) is 2.70. The van der Waals surface area contributed by atoms with Gasteiger partial charge in [-0.05, 0) is 25.7 Å². The van der Waals surface area contributed by atoms with E-state index >= 15 is 0 Å². The summed E-state index contributed by atoms with van der Waals surface area (Å²) in [4.78, 5) is 4.37. The Bertz CT molecular complexity index is 385. The van der Waals surface area contributed by atoms with Crippen LogP contribution < -0.4 is 5.73 Å². The summed E-state index contributed by atoms with van der Waals surface area (Å²) in [6.45, 7) is 12.2. The van der Waals surface area contributed by atoms with Crippen molar-refractivity contribution in [3.05, 3.63) is 12.2 Å². The monoisotopic (exact) mass is 282 g/mol. The van der Waals surface area contributed by atoms with Crippen molar-refractivity contribution in [2.24, 2.45) is 11.7 Å². The second kappa shape index (κ2) is 7.74. The first-order chi connectivity index (χ1) is 9.49. The predicted molar refractivity (Wildman–Crippen MR) is 81.5 cm³/mol. The molecule has 1 rings (SSSR count). The van der Waals surface area contributed by atoms with Crippen molar-refractivity contribution >= 4 is 0 Å². The number of nitrogens with zero attached hydrogens (tertiary/aromatic N) is 3. The molecular formula is C15H30N4O. The van der Waals surface area contributed by atoms with Gasteiger partial charge in [0.15, 0.2) is 0 Å². The van der Waals surface area contributed by atoms with Crippen LogP contribution in [0.3, 0.4) is 0 Å². The molecule has 1 aromatic heterocycles. The van der Waals surface area contributed by atoms with Gasteiger partial charge >= 0.3 is 0 Å². The minimum absolute atomic E-state index is 0.0624. The second-order valence-corrected chi connectivity index (χ2v) is 5.77. The predicted octanol–water partition coefficient (Wildman–Crippen LogP) is 2.40. The Kier molecular flexibility index (Phi) is 6.62. The Balaban J connectivity index is 2.83. The smallest absolute Gasteiger partial charge is 0.138 e. The highest BCUT2D eigenvalue weighted by Crippen LogP contribution is 2.25. The molecule has 0 saturated heterocycles. The first kappa shape index (κ1) is 17.1. The number of aromatic nitrogens is 3. The lowest BCUT2D eigenvalue weighted by atomic mass is 9.86. The zero-order chi connectivity index (χ0) is 15.2. The van der Waals surface area contributed by atoms with Crippen molar-refractivity contribution in [1.82, 2.24) is 14.8 Å². The van der Waals surface area contributed by atoms with E-state index in [9.17, 15) is 0 Å². The summed E-state index contributed by atoms with van der Waals surface area (Å²) in [5, 5.41) is 4.30. The highest BCUT2D eigenvalue weighted by molar-refractivity contribution is 4.98. The summed E-state index contributed by atoms with van der Waals surface area (Å²) in [5.74, 6) is 1.50. The van der Waals surface area contributed by atoms with Crippen molar-refractivity contribution in [2.75, 3.05) is 6.61 Å². The van der Waals surface area contributed by atoms with E-state index in [2.05, 4.69) is 37.8 Å². The zero-order valence-corrected chi connectivity index (χ0v) is 13.6. The van der Waals surface area contributed by atoms with Gasteiger partial charge in [-0.15, -0.1) is 0 Å². The lowest BCUT2D eigenvalue weighted by Gasteiger charge is -2.37. The molecule has 0 aliphatic rings. The van der Waals surface area contributed by atoms with E-state index < -0.39 is 0 Å². The molecule has 0 bridgehead atoms. The van der Waals surface area contributed by atoms with E-state index in [0.717, 1.165) is 25.2 Å². The van der Waals surface area contributed by atoms with Gasteiger partial charge in [-0.25, -0.2) is 9.67 Å². The van der Waals surface area contributed by atoms with Crippen molar-refractivity contribution < 1.29 is 4.74 Å². The summed E-state index contributed by atoms with van der Waals surface area (Å²) in [5.41, 5.74) is 6.18. The van der Waals surface area contributed by atoms with Crippen molar-refractivity contribution in [3.8, 4) is 0 Å². The molecule has 1 unspecified atom stereocenters. The topological polar surface area (TPSA) is 66.0 Å². The number of hydrogen-bond acceptors (Lipinski definition) is 4. The largest absolute Gasteiger partial charge is 0.374 e. The van der Waals surface area contributed by atoms with Crippen LogP contribution in [0.5, 0.6) is 0 Å². The van der Waals surface area contributed by atoms with Crippen LogP contribution in [0, 0.1) is 5.92 Å². The fourth-order valence-corrected chi connectivity index (χ4v) is 2.70. The van der Waals surface area contributed by atoms with Crippen LogP contribution in [-0.4, -0.2) is 33.0 Å². The van der Waals surface area contributed by atoms with Gasteiger partial charge in [0.05, 0.1) is 5.60 Å². The van der Waals surface area contributed by atoms with Gasteiger partial charge in [-0.1, -0.05) is 27.7 Å². The molecule has 0 aliphatic heterocycles. The Labute approximate surface area is 122 Å². The van der Waals surface area contributed by atoms with Gasteiger partial charge in [0.2, 0.25) is 0 Å². The molecule has 2 N–H and O–H groups in total. The normalized spacial score (nSPS) is 13.9. The Morgan fingerprint density at radius 1 is 1.30 bits per heavy atom. The molecule has 0 aromatic carbocycles. The van der Waals surface area contributed by atoms with E-state index in [1.54, 1.807) is 6.33 Å². The summed E-state index contributed by atoms with van der Waals surface area (Å²) in [6.07, 6.45) is 4.15. The molecule has 0 aliphatic carbocycles. The summed E-state index contributed by atoms with van der Waals surface area (Å²) < 4.78 is 7.94. The zero-order valence-electron chi connectivity index (χ0n) is 13.6. The lowest BCUT2D eigenvalue weighted by Crippen LogP contribution is -2.51. The molecule has 0 spiro atoms. The van der Waals surface area contributed by atoms with Crippen molar-refractivity contribution in [2.45, 2.75) is 72.1 Å². The third-order valence-corrected chi connectivity index (χ3v) is 3.94. The molecule has 1 heterocycles. The van der Waals surface area contributed by atoms with E-state index in [0.29, 0.717) is 18.9 Å². The Hall–Kier alpha value is -0.940. The van der Waals surface area contributed by atoms with Crippen molar-refractivity contribution in [1.29, 1.82) is 0 Å². The maximum absolute atomic E-state index is 6.44. The molecule has 116 valence electrons. The lowest BCUT2D eigenvalue weighted by molar-refractivity contribution is -0.0638. The van der Waals surface area contributed by atoms with Crippen LogP contribution in [0.1, 0.15) is 53.3 Å². The average molecular weight is 282 g/mol. The average Bonchev–Trinajstić information content (AvgIpc) is 2.82. The molecule has 5 heteroatoms. The summed E-state index contributed by atoms with van der Waals surface area (Å²) in [7, 11) is 0. The molecule has 0 radical (unpaired) electrons. The Morgan fingerprint density at radius 2 is 1.95 bits per heavy atom. The minimum atomic E-state index is -0.261. The van der Waals surface area contributed by atoms with Gasteiger partial charge in [0, 0.05) is 25.6 Å². The van der Waals surface area contributed by atoms with Crippen LogP contribution in [0.15, 0.2) is 6.33 Å². The third kappa shape index (κ3) is 4.03. The fraction of sp³-hybridized carbons (Fsp3) is 0.867. The first-order valence-electron chi connectivity index (χ1n) is 7.75. The maximum atomic E-state index is 6.44. The standard InChI is InChI=1S/C15H30N4O/c1-6-15(7-2,20-8-3)13(16)9-14-17-11-18-19(14)10-12(4)5/h11-13H,6-10,16H2,1-5H3. The molecule has 0 saturated carbocycles. The molecular weight excluding hydrogens is 252 g/mol. The number of hydrogen-bond donors (Lipinski definition) is 1. The van der Waals surface area contributed by atoms with Gasteiger partial charge in [-0.2, -0.15) is 5.10 Å². The summed E-state index contributed by atoms with van der Waals surface area (Å²) in [6, 6.07) is -0.0624. The second-order valence-electron chi connectivity index (χ2n) is 5.77. The van der Waals surface area contributed by atoms with E-state index in [1.807, 2.05) is 11.6 Å². The van der Waals surface area contributed by atoms with E-state index in [-0.39, 0.29) is 11.6 Å². The van der Waals surface area contributed by atoms with Crippen LogP contribution in [0.25, 0.3) is 0 Å². The number of nitrogens with two attached hydrogens (primary N) is 1. The third-order valence-electron chi connectivity index (χ3n) is 3.94. The SMILES string of the molecule is CCOC(CC)(CC)C(N)Cc1ncnn1CC(C)C. The van der Waals surface area contributed by atoms with E-state index in [4.69, 9.17) is 10.5 Å². The van der Waals surface area contributed by atoms with Crippen molar-refractivity contribution in [3.63, 3.8) is 0 Å². The van der Waals surface area contributed by atoms with Gasteiger partial charge in [-0.3, -0.25) is 0 Å². The highest BCUT2D eigenvalue weighted by atomic mass is 16.5. The van der Waals surface area contributed by atoms with Gasteiger partial charge < -0.3 is 10.5 Å². The quantitative estimate of drug-likeness (QED) is 0.755. The molecule has 0 amide bonds. The van der Waals surface area contributed by atoms with Crippen LogP contribution in [0.2, 0.25) is 0 Å². The molecule has 0 fully saturated rings. The van der Waals surface area contributed by atoms with Crippen LogP contribution in [0.4, 0.5) is 0 Å². The maximum Gasteiger partial charge on any atom is 0.138 e. The van der Waals surface area contributed by atoms with E-state index in [1.165, 1.54) is 0 Å². The Morgan fingerprint density at radius 3 is 2.45 bits per heavy atom. The number of rotatable bonds is 9. The molecule has 1 atom stereocenters. The number of ether oxygens (including phenoxy) is 1. The van der Waals surface area contributed by atoms with Crippen LogP contribution >= 0.6 is 0 Å². The van der Waals surface area contributed by atoms with Gasteiger partial charge in [0.1, 0.15) is 12.2 Å². The molecule has 20 heavy (non-hydrogen) atoms.